The lowest BCUT2D eigenvalue weighted by molar-refractivity contribution is -0.137. The van der Waals surface area contributed by atoms with Crippen LogP contribution in [0.4, 0.5) is 19.0 Å². The van der Waals surface area contributed by atoms with Gasteiger partial charge in [-0.25, -0.2) is 4.98 Å². The minimum atomic E-state index is -4.70. The average Bonchev–Trinajstić information content (AvgIpc) is 3.25. The Morgan fingerprint density at radius 1 is 0.921 bits per heavy atom. The molecule has 0 saturated heterocycles. The highest BCUT2D eigenvalue weighted by Gasteiger charge is 2.32. The van der Waals surface area contributed by atoms with Gasteiger partial charge in [0.15, 0.2) is 5.75 Å². The van der Waals surface area contributed by atoms with Crippen LogP contribution >= 0.6 is 15.9 Å². The van der Waals surface area contributed by atoms with Crippen LogP contribution in [0.25, 0.3) is 16.9 Å². The average molecular weight is 602 g/mol. The minimum absolute atomic E-state index is 0.0739. The number of aromatic nitrogens is 2. The number of para-hydroxylation sites is 1. The lowest BCUT2D eigenvalue weighted by Crippen LogP contribution is -2.13. The highest BCUT2D eigenvalue weighted by molar-refractivity contribution is 9.10. The molecule has 1 N–H and O–H groups in total. The number of hydrogen-bond acceptors (Lipinski definition) is 5. The highest BCUT2D eigenvalue weighted by atomic mass is 79.9. The Labute approximate surface area is 225 Å². The summed E-state index contributed by atoms with van der Waals surface area (Å²) in [5.74, 6) is 0.507. The summed E-state index contributed by atoms with van der Waals surface area (Å²) in [6, 6.07) is 23.1. The topological polar surface area (TPSA) is 72.7 Å². The van der Waals surface area contributed by atoms with Crippen molar-refractivity contribution in [2.75, 3.05) is 5.32 Å². The molecule has 2 heterocycles. The summed E-state index contributed by atoms with van der Waals surface area (Å²) in [7, 11) is -4.59. The fourth-order valence-electron chi connectivity index (χ4n) is 3.89. The molecule has 0 amide bonds. The normalized spacial score (nSPS) is 12.0. The molecule has 0 unspecified atom stereocenters. The van der Waals surface area contributed by atoms with Crippen molar-refractivity contribution in [3.8, 4) is 17.0 Å². The van der Waals surface area contributed by atoms with Gasteiger partial charge in [0.05, 0.1) is 5.56 Å². The first-order chi connectivity index (χ1) is 18.1. The Bertz CT molecular complexity index is 1720. The molecule has 0 bridgehead atoms. The summed E-state index contributed by atoms with van der Waals surface area (Å²) in [5.41, 5.74) is 1.27. The first-order valence-electron chi connectivity index (χ1n) is 11.3. The van der Waals surface area contributed by atoms with Crippen LogP contribution < -0.4 is 9.50 Å². The van der Waals surface area contributed by atoms with Crippen molar-refractivity contribution >= 4 is 37.5 Å². The molecule has 0 saturated carbocycles. The third kappa shape index (κ3) is 5.39. The van der Waals surface area contributed by atoms with Gasteiger partial charge in [0.2, 0.25) is 0 Å². The number of pyridine rings is 1. The van der Waals surface area contributed by atoms with Gasteiger partial charge in [-0.2, -0.15) is 21.6 Å². The number of nitrogens with zero attached hydrogens (tertiary/aromatic N) is 2. The number of alkyl halides is 3. The monoisotopic (exact) mass is 601 g/mol. The number of hydrogen-bond donors (Lipinski definition) is 1. The van der Waals surface area contributed by atoms with E-state index < -0.39 is 26.8 Å². The summed E-state index contributed by atoms with van der Waals surface area (Å²) in [6.07, 6.45) is -2.88. The van der Waals surface area contributed by atoms with E-state index in [1.807, 2.05) is 47.0 Å². The van der Waals surface area contributed by atoms with Gasteiger partial charge in [0.25, 0.3) is 0 Å². The summed E-state index contributed by atoms with van der Waals surface area (Å²) >= 11 is 3.47. The van der Waals surface area contributed by atoms with Gasteiger partial charge >= 0.3 is 16.3 Å². The second-order valence-electron chi connectivity index (χ2n) is 8.28. The zero-order valence-electron chi connectivity index (χ0n) is 19.5. The van der Waals surface area contributed by atoms with E-state index in [2.05, 4.69) is 21.2 Å². The molecular formula is C27H19BrF3N3O3S. The van der Waals surface area contributed by atoms with Gasteiger partial charge in [-0.3, -0.25) is 4.40 Å². The van der Waals surface area contributed by atoms with Gasteiger partial charge in [-0.1, -0.05) is 48.5 Å². The SMILES string of the molecule is O=S(=O)(Oc1ccccc1-c1nc2ccc(Br)cn2c1NCc1ccccc1)c1cccc(C(F)(F)F)c1. The molecule has 0 spiro atoms. The maximum Gasteiger partial charge on any atom is 0.416 e. The van der Waals surface area contributed by atoms with Crippen LogP contribution in [0.2, 0.25) is 0 Å². The van der Waals surface area contributed by atoms with Gasteiger partial charge in [0.1, 0.15) is 22.1 Å². The van der Waals surface area contributed by atoms with E-state index in [1.165, 1.54) is 6.07 Å². The van der Waals surface area contributed by atoms with Crippen molar-refractivity contribution in [1.29, 1.82) is 0 Å². The Kier molecular flexibility index (Phi) is 6.89. The van der Waals surface area contributed by atoms with E-state index >= 15 is 0 Å². The fourth-order valence-corrected chi connectivity index (χ4v) is 5.22. The predicted octanol–water partition coefficient (Wildman–Crippen LogP) is 7.16. The molecule has 0 atom stereocenters. The van der Waals surface area contributed by atoms with Crippen LogP contribution in [-0.2, 0) is 22.8 Å². The fraction of sp³-hybridized carbons (Fsp3) is 0.0741. The van der Waals surface area contributed by atoms with E-state index in [0.717, 1.165) is 28.2 Å². The van der Waals surface area contributed by atoms with Crippen LogP contribution in [0.1, 0.15) is 11.1 Å². The number of nitrogens with one attached hydrogen (secondary N) is 1. The molecular weight excluding hydrogens is 583 g/mol. The molecule has 5 rings (SSSR count). The van der Waals surface area contributed by atoms with Crippen molar-refractivity contribution in [1.82, 2.24) is 9.38 Å². The molecule has 5 aromatic rings. The maximum absolute atomic E-state index is 13.2. The smallest absolute Gasteiger partial charge is 0.378 e. The summed E-state index contributed by atoms with van der Waals surface area (Å²) in [5, 5.41) is 3.37. The van der Waals surface area contributed by atoms with Crippen LogP contribution in [-0.4, -0.2) is 17.8 Å². The number of rotatable bonds is 7. The number of fused-ring (bicyclic) bond motifs is 1. The van der Waals surface area contributed by atoms with Gasteiger partial charge in [0, 0.05) is 22.8 Å². The highest BCUT2D eigenvalue weighted by Crippen LogP contribution is 2.38. The molecule has 0 fully saturated rings. The Morgan fingerprint density at radius 3 is 2.42 bits per heavy atom. The molecule has 11 heteroatoms. The largest absolute Gasteiger partial charge is 0.416 e. The predicted molar refractivity (Wildman–Crippen MR) is 141 cm³/mol. The second kappa shape index (κ2) is 10.1. The Balaban J connectivity index is 1.57. The van der Waals surface area contributed by atoms with E-state index in [1.54, 1.807) is 24.3 Å². The lowest BCUT2D eigenvalue weighted by Gasteiger charge is -2.14. The lowest BCUT2D eigenvalue weighted by atomic mass is 10.1. The molecule has 0 aliphatic rings. The number of benzene rings is 3. The van der Waals surface area contributed by atoms with E-state index in [-0.39, 0.29) is 5.75 Å². The first kappa shape index (κ1) is 25.8. The second-order valence-corrected chi connectivity index (χ2v) is 10.7. The van der Waals surface area contributed by atoms with Gasteiger partial charge in [-0.15, -0.1) is 0 Å². The third-order valence-corrected chi connectivity index (χ3v) is 7.38. The third-order valence-electron chi connectivity index (χ3n) is 5.68. The Morgan fingerprint density at radius 2 is 1.66 bits per heavy atom. The number of imidazole rings is 1. The zero-order chi connectivity index (χ0) is 26.9. The number of halogens is 4. The molecule has 3 aromatic carbocycles. The summed E-state index contributed by atoms with van der Waals surface area (Å²) in [6.45, 7) is 0.458. The van der Waals surface area contributed by atoms with E-state index in [9.17, 15) is 21.6 Å². The molecule has 0 aliphatic heterocycles. The molecule has 6 nitrogen and oxygen atoms in total. The molecule has 0 aliphatic carbocycles. The van der Waals surface area contributed by atoms with Crippen molar-refractivity contribution < 1.29 is 25.8 Å². The standard InChI is InChI=1S/C27H19BrF3N3O3S/c28-20-13-14-24-33-25(26(34(24)17-20)32-16-18-7-2-1-3-8-18)22-11-4-5-12-23(22)37-38(35,36)21-10-6-9-19(15-21)27(29,30)31/h1-15,17,32H,16H2. The molecule has 38 heavy (non-hydrogen) atoms. The van der Waals surface area contributed by atoms with Crippen molar-refractivity contribution in [3.63, 3.8) is 0 Å². The summed E-state index contributed by atoms with van der Waals surface area (Å²) in [4.78, 5) is 4.09. The van der Waals surface area contributed by atoms with Gasteiger partial charge < -0.3 is 9.50 Å². The molecule has 0 radical (unpaired) electrons. The minimum Gasteiger partial charge on any atom is -0.378 e. The van der Waals surface area contributed by atoms with Crippen LogP contribution in [0, 0.1) is 0 Å². The van der Waals surface area contributed by atoms with Crippen LogP contribution in [0.15, 0.2) is 107 Å². The van der Waals surface area contributed by atoms with Crippen LogP contribution in [0.3, 0.4) is 0 Å². The Hall–Kier alpha value is -3.83. The van der Waals surface area contributed by atoms with Gasteiger partial charge in [-0.05, 0) is 64.0 Å². The molecule has 194 valence electrons. The number of anilines is 1. The summed E-state index contributed by atoms with van der Waals surface area (Å²) < 4.78 is 73.6. The van der Waals surface area contributed by atoms with Crippen molar-refractivity contribution in [2.24, 2.45) is 0 Å². The first-order valence-corrected chi connectivity index (χ1v) is 13.5. The van der Waals surface area contributed by atoms with E-state index in [4.69, 9.17) is 9.17 Å². The maximum atomic E-state index is 13.2. The zero-order valence-corrected chi connectivity index (χ0v) is 21.9. The quantitative estimate of drug-likeness (QED) is 0.200. The molecule has 2 aromatic heterocycles. The van der Waals surface area contributed by atoms with Crippen molar-refractivity contribution in [3.05, 3.63) is 113 Å². The van der Waals surface area contributed by atoms with E-state index in [0.29, 0.717) is 35.3 Å². The van der Waals surface area contributed by atoms with Crippen LogP contribution in [0.5, 0.6) is 5.75 Å². The van der Waals surface area contributed by atoms with Crippen molar-refractivity contribution in [2.45, 2.75) is 17.6 Å².